The van der Waals surface area contributed by atoms with Crippen molar-refractivity contribution in [2.24, 2.45) is 0 Å². The van der Waals surface area contributed by atoms with E-state index >= 15 is 0 Å². The zero-order valence-electron chi connectivity index (χ0n) is 4.87. The van der Waals surface area contributed by atoms with Crippen LogP contribution in [0, 0.1) is 6.26 Å². The van der Waals surface area contributed by atoms with Crippen molar-refractivity contribution in [1.29, 1.82) is 0 Å². The van der Waals surface area contributed by atoms with Gasteiger partial charge in [-0.05, 0) is 12.2 Å². The zero-order chi connectivity index (χ0) is 6.10. The Labute approximate surface area is 53.7 Å². The molecule has 2 nitrogen and oxygen atoms in total. The normalized spacial score (nSPS) is 21.3. The van der Waals surface area contributed by atoms with E-state index in [9.17, 15) is 0 Å². The topological polar surface area (TPSA) is 12.5 Å². The summed E-state index contributed by atoms with van der Waals surface area (Å²) in [6.45, 7) is 0.607. The molecule has 0 aromatic heterocycles. The van der Waals surface area contributed by atoms with E-state index in [2.05, 4.69) is 6.26 Å². The van der Waals surface area contributed by atoms with Crippen LogP contribution in [0.15, 0.2) is 30.1 Å². The molecule has 2 aliphatic heterocycles. The predicted octanol–water partition coefficient (Wildman–Crippen LogP) is 1.00. The highest BCUT2D eigenvalue weighted by Gasteiger charge is 2.12. The van der Waals surface area contributed by atoms with Crippen LogP contribution >= 0.6 is 0 Å². The Morgan fingerprint density at radius 3 is 3.44 bits per heavy atom. The zero-order valence-corrected chi connectivity index (χ0v) is 4.87. The number of nitrogens with zero attached hydrogens (tertiary/aromatic N) is 1. The Kier molecular flexibility index (Phi) is 0.859. The quantitative estimate of drug-likeness (QED) is 0.473. The number of hydrogen-bond donors (Lipinski definition) is 0. The first kappa shape index (κ1) is 4.68. The van der Waals surface area contributed by atoms with Gasteiger partial charge >= 0.3 is 0 Å². The second-order valence-corrected chi connectivity index (χ2v) is 1.93. The van der Waals surface area contributed by atoms with E-state index in [1.807, 2.05) is 29.3 Å². The van der Waals surface area contributed by atoms with Gasteiger partial charge in [-0.1, -0.05) is 6.08 Å². The van der Waals surface area contributed by atoms with Crippen molar-refractivity contribution in [2.45, 2.75) is 0 Å². The van der Waals surface area contributed by atoms with Crippen LogP contribution in [0.4, 0.5) is 0 Å². The third-order valence-electron chi connectivity index (χ3n) is 1.32. The lowest BCUT2D eigenvalue weighted by atomic mass is 10.3. The first-order valence-electron chi connectivity index (χ1n) is 2.83. The second kappa shape index (κ2) is 1.65. The van der Waals surface area contributed by atoms with Gasteiger partial charge in [0.15, 0.2) is 13.0 Å². The first-order valence-corrected chi connectivity index (χ1v) is 2.83. The van der Waals surface area contributed by atoms with Crippen molar-refractivity contribution in [1.82, 2.24) is 4.90 Å². The Balaban J connectivity index is 2.33. The van der Waals surface area contributed by atoms with Crippen LogP contribution in [0.1, 0.15) is 0 Å². The lowest BCUT2D eigenvalue weighted by Crippen LogP contribution is -2.12. The Morgan fingerprint density at radius 2 is 2.56 bits per heavy atom. The minimum absolute atomic E-state index is 0.607. The molecule has 0 saturated heterocycles. The van der Waals surface area contributed by atoms with E-state index in [1.165, 1.54) is 0 Å². The summed E-state index contributed by atoms with van der Waals surface area (Å²) in [6.07, 6.45) is 10.6. The molecular weight excluding hydrogens is 114 g/mol. The van der Waals surface area contributed by atoms with Crippen molar-refractivity contribution in [3.8, 4) is 0 Å². The van der Waals surface area contributed by atoms with Crippen LogP contribution in [0.3, 0.4) is 0 Å². The van der Waals surface area contributed by atoms with Gasteiger partial charge in [0.05, 0.1) is 5.70 Å². The summed E-state index contributed by atoms with van der Waals surface area (Å²) in [7, 11) is 0. The van der Waals surface area contributed by atoms with Gasteiger partial charge in [-0.15, -0.1) is 0 Å². The number of rotatable bonds is 0. The average molecular weight is 120 g/mol. The molecule has 0 fully saturated rings. The maximum absolute atomic E-state index is 4.93. The Bertz CT molecular complexity index is 200. The molecule has 0 aromatic rings. The fraction of sp³-hybridized carbons (Fsp3) is 0.143. The molecule has 45 valence electrons. The maximum atomic E-state index is 4.93. The van der Waals surface area contributed by atoms with Gasteiger partial charge in [0.1, 0.15) is 0 Å². The van der Waals surface area contributed by atoms with Gasteiger partial charge in [-0.3, -0.25) is 0 Å². The highest BCUT2D eigenvalue weighted by atomic mass is 16.5. The highest BCUT2D eigenvalue weighted by molar-refractivity contribution is 5.25. The Morgan fingerprint density at radius 1 is 1.56 bits per heavy atom. The molecule has 0 atom stereocenters. The van der Waals surface area contributed by atoms with Gasteiger partial charge in [0, 0.05) is 6.20 Å². The van der Waals surface area contributed by atoms with Crippen LogP contribution in [-0.4, -0.2) is 11.6 Å². The molecule has 9 heavy (non-hydrogen) atoms. The second-order valence-electron chi connectivity index (χ2n) is 1.93. The van der Waals surface area contributed by atoms with Gasteiger partial charge in [0.25, 0.3) is 0 Å². The molecule has 0 aliphatic carbocycles. The molecule has 0 saturated carbocycles. The van der Waals surface area contributed by atoms with E-state index in [0.717, 1.165) is 5.70 Å². The molecule has 2 heteroatoms. The highest BCUT2D eigenvalue weighted by Crippen LogP contribution is 2.16. The fourth-order valence-electron chi connectivity index (χ4n) is 0.857. The monoisotopic (exact) mass is 120 g/mol. The van der Waals surface area contributed by atoms with E-state index in [1.54, 1.807) is 0 Å². The Hall–Kier alpha value is -1.18. The molecule has 0 spiro atoms. The summed E-state index contributed by atoms with van der Waals surface area (Å²) in [5, 5.41) is 0. The van der Waals surface area contributed by atoms with Crippen molar-refractivity contribution in [3.63, 3.8) is 0 Å². The predicted molar refractivity (Wildman–Crippen MR) is 32.8 cm³/mol. The van der Waals surface area contributed by atoms with E-state index in [4.69, 9.17) is 4.74 Å². The van der Waals surface area contributed by atoms with Gasteiger partial charge < -0.3 is 9.64 Å². The van der Waals surface area contributed by atoms with Crippen LogP contribution < -0.4 is 0 Å². The minimum Gasteiger partial charge on any atom is -0.467 e. The van der Waals surface area contributed by atoms with Gasteiger partial charge in [-0.2, -0.15) is 0 Å². The molecular formula is C7H6NO. The van der Waals surface area contributed by atoms with Crippen LogP contribution in [0.25, 0.3) is 0 Å². The summed E-state index contributed by atoms with van der Waals surface area (Å²) in [5.41, 5.74) is 1.01. The molecule has 2 rings (SSSR count). The van der Waals surface area contributed by atoms with Crippen molar-refractivity contribution < 1.29 is 4.74 Å². The van der Waals surface area contributed by atoms with Crippen LogP contribution in [-0.2, 0) is 4.74 Å². The number of fused-ring (bicyclic) bond motifs is 1. The van der Waals surface area contributed by atoms with Crippen molar-refractivity contribution in [2.75, 3.05) is 6.73 Å². The number of ether oxygens (including phenoxy) is 1. The third kappa shape index (κ3) is 0.633. The number of allylic oxidation sites excluding steroid dienone is 3. The largest absolute Gasteiger partial charge is 0.467 e. The number of hydrogen-bond acceptors (Lipinski definition) is 2. The SMILES string of the molecule is [C]1=C2C=CC=CN2CO1. The van der Waals surface area contributed by atoms with Crippen molar-refractivity contribution in [3.05, 3.63) is 36.4 Å². The molecule has 0 amide bonds. The molecule has 2 heterocycles. The summed E-state index contributed by atoms with van der Waals surface area (Å²) < 4.78 is 4.93. The maximum Gasteiger partial charge on any atom is 0.189 e. The molecule has 0 aromatic carbocycles. The molecule has 0 N–H and O–H groups in total. The summed E-state index contributed by atoms with van der Waals surface area (Å²) in [5.74, 6) is 0. The van der Waals surface area contributed by atoms with Crippen molar-refractivity contribution >= 4 is 0 Å². The van der Waals surface area contributed by atoms with E-state index < -0.39 is 0 Å². The van der Waals surface area contributed by atoms with E-state index in [-0.39, 0.29) is 0 Å². The summed E-state index contributed by atoms with van der Waals surface area (Å²) >= 11 is 0. The van der Waals surface area contributed by atoms with Gasteiger partial charge in [-0.25, -0.2) is 0 Å². The lowest BCUT2D eigenvalue weighted by molar-refractivity contribution is 0.189. The molecule has 0 unspecified atom stereocenters. The minimum atomic E-state index is 0.607. The van der Waals surface area contributed by atoms with Gasteiger partial charge in [0.2, 0.25) is 0 Å². The first-order chi connectivity index (χ1) is 4.47. The van der Waals surface area contributed by atoms with E-state index in [0.29, 0.717) is 6.73 Å². The average Bonchev–Trinajstić information content (AvgIpc) is 2.33. The molecule has 1 radical (unpaired) electrons. The standard InChI is InChI=1S/C7H6NO/c1-2-4-8-6-9-5-7(8)3-1/h1-4H,6H2. The summed E-state index contributed by atoms with van der Waals surface area (Å²) in [6, 6.07) is 0. The van der Waals surface area contributed by atoms with Crippen LogP contribution in [0.5, 0.6) is 0 Å². The smallest absolute Gasteiger partial charge is 0.189 e. The van der Waals surface area contributed by atoms with Crippen LogP contribution in [0.2, 0.25) is 0 Å². The molecule has 0 bridgehead atoms. The summed E-state index contributed by atoms with van der Waals surface area (Å²) in [4.78, 5) is 1.99. The fourth-order valence-corrected chi connectivity index (χ4v) is 0.857. The third-order valence-corrected chi connectivity index (χ3v) is 1.32. The molecule has 2 aliphatic rings. The lowest BCUT2D eigenvalue weighted by Gasteiger charge is -2.13.